The van der Waals surface area contributed by atoms with Crippen molar-refractivity contribution in [2.45, 2.75) is 24.4 Å². The van der Waals surface area contributed by atoms with Gasteiger partial charge < -0.3 is 24.8 Å². The van der Waals surface area contributed by atoms with Crippen LogP contribution in [0.3, 0.4) is 0 Å². The monoisotopic (exact) mass is 192 g/mol. The van der Waals surface area contributed by atoms with Crippen molar-refractivity contribution >= 4 is 6.47 Å². The van der Waals surface area contributed by atoms with Crippen molar-refractivity contribution in [3.05, 3.63) is 0 Å². The molecule has 1 unspecified atom stereocenters. The van der Waals surface area contributed by atoms with Crippen LogP contribution in [0.25, 0.3) is 0 Å². The van der Waals surface area contributed by atoms with Gasteiger partial charge in [-0.05, 0) is 0 Å². The summed E-state index contributed by atoms with van der Waals surface area (Å²) in [6.07, 6.45) is -4.08. The molecule has 4 atom stereocenters. The Morgan fingerprint density at radius 2 is 2.23 bits per heavy atom. The first-order chi connectivity index (χ1) is 6.20. The number of carbonyl (C=O) groups is 1. The third kappa shape index (κ3) is 2.16. The minimum absolute atomic E-state index is 0.0783. The van der Waals surface area contributed by atoms with Crippen molar-refractivity contribution in [1.29, 1.82) is 0 Å². The summed E-state index contributed by atoms with van der Waals surface area (Å²) in [6.45, 7) is -0.300. The van der Waals surface area contributed by atoms with Crippen molar-refractivity contribution in [3.63, 3.8) is 0 Å². The molecule has 1 fully saturated rings. The van der Waals surface area contributed by atoms with E-state index >= 15 is 0 Å². The third-order valence-electron chi connectivity index (χ3n) is 1.97. The molecule has 1 heterocycles. The number of hydrogen-bond acceptors (Lipinski definition) is 6. The standard InChI is InChI=1S/C7H12O6/c8-1-5-7(13-3-9)6(11)4(10)2-12-5/h3-8,10-11H,1-2H2/t4-,5-,6+,7?/m0/s1. The molecule has 6 nitrogen and oxygen atoms in total. The van der Waals surface area contributed by atoms with Gasteiger partial charge in [-0.1, -0.05) is 0 Å². The Kier molecular flexibility index (Phi) is 3.61. The van der Waals surface area contributed by atoms with Crippen LogP contribution < -0.4 is 0 Å². The van der Waals surface area contributed by atoms with Crippen LogP contribution in [0.15, 0.2) is 0 Å². The normalized spacial score (nSPS) is 39.9. The second kappa shape index (κ2) is 4.52. The number of aliphatic hydroxyl groups excluding tert-OH is 3. The summed E-state index contributed by atoms with van der Waals surface area (Å²) in [5.41, 5.74) is 0. The Bertz CT molecular complexity index is 170. The number of carbonyl (C=O) groups excluding carboxylic acids is 1. The molecule has 0 aliphatic carbocycles. The van der Waals surface area contributed by atoms with Gasteiger partial charge in [0.1, 0.15) is 18.3 Å². The van der Waals surface area contributed by atoms with Gasteiger partial charge in [0.25, 0.3) is 6.47 Å². The highest BCUT2D eigenvalue weighted by Gasteiger charge is 2.39. The number of aliphatic hydroxyl groups is 3. The van der Waals surface area contributed by atoms with E-state index in [0.29, 0.717) is 0 Å². The fourth-order valence-electron chi connectivity index (χ4n) is 1.24. The highest BCUT2D eigenvalue weighted by Crippen LogP contribution is 2.17. The molecule has 1 aliphatic heterocycles. The van der Waals surface area contributed by atoms with Gasteiger partial charge in [-0.3, -0.25) is 4.79 Å². The van der Waals surface area contributed by atoms with Crippen LogP contribution in [0, 0.1) is 0 Å². The first-order valence-corrected chi connectivity index (χ1v) is 3.88. The second-order valence-corrected chi connectivity index (χ2v) is 2.81. The molecule has 0 aromatic carbocycles. The zero-order valence-electron chi connectivity index (χ0n) is 6.87. The van der Waals surface area contributed by atoms with Crippen LogP contribution in [0.1, 0.15) is 0 Å². The van der Waals surface area contributed by atoms with Crippen molar-refractivity contribution in [3.8, 4) is 0 Å². The number of hydrogen-bond donors (Lipinski definition) is 3. The van der Waals surface area contributed by atoms with E-state index in [4.69, 9.17) is 14.9 Å². The zero-order chi connectivity index (χ0) is 9.84. The van der Waals surface area contributed by atoms with E-state index in [9.17, 15) is 9.90 Å². The van der Waals surface area contributed by atoms with Gasteiger partial charge in [-0.2, -0.15) is 0 Å². The predicted molar refractivity (Wildman–Crippen MR) is 39.8 cm³/mol. The van der Waals surface area contributed by atoms with Crippen molar-refractivity contribution in [2.24, 2.45) is 0 Å². The molecule has 3 N–H and O–H groups in total. The Balaban J connectivity index is 2.62. The Labute approximate surface area is 74.7 Å². The predicted octanol–water partition coefficient (Wildman–Crippen LogP) is -2.36. The third-order valence-corrected chi connectivity index (χ3v) is 1.97. The lowest BCUT2D eigenvalue weighted by molar-refractivity contribution is -0.206. The first kappa shape index (κ1) is 10.4. The van der Waals surface area contributed by atoms with Gasteiger partial charge in [0.2, 0.25) is 0 Å². The minimum atomic E-state index is -1.21. The molecule has 1 saturated heterocycles. The molecule has 0 aromatic rings. The van der Waals surface area contributed by atoms with Gasteiger partial charge >= 0.3 is 0 Å². The topological polar surface area (TPSA) is 96.2 Å². The molecule has 1 rings (SSSR count). The van der Waals surface area contributed by atoms with E-state index < -0.39 is 24.4 Å². The summed E-state index contributed by atoms with van der Waals surface area (Å²) < 4.78 is 9.42. The Morgan fingerprint density at radius 1 is 1.54 bits per heavy atom. The molecule has 0 saturated carbocycles. The lowest BCUT2D eigenvalue weighted by Crippen LogP contribution is -2.55. The molecule has 0 aromatic heterocycles. The Morgan fingerprint density at radius 3 is 2.77 bits per heavy atom. The molecule has 76 valence electrons. The number of rotatable bonds is 3. The van der Waals surface area contributed by atoms with Crippen LogP contribution >= 0.6 is 0 Å². The molecule has 13 heavy (non-hydrogen) atoms. The van der Waals surface area contributed by atoms with Gasteiger partial charge in [0.05, 0.1) is 13.2 Å². The fourth-order valence-corrected chi connectivity index (χ4v) is 1.24. The van der Waals surface area contributed by atoms with Gasteiger partial charge in [0, 0.05) is 0 Å². The maximum absolute atomic E-state index is 10.0. The summed E-state index contributed by atoms with van der Waals surface area (Å²) in [4.78, 5) is 10.0. The average Bonchev–Trinajstić information content (AvgIpc) is 2.14. The smallest absolute Gasteiger partial charge is 0.293 e. The van der Waals surface area contributed by atoms with Gasteiger partial charge in [-0.15, -0.1) is 0 Å². The molecule has 0 spiro atoms. The van der Waals surface area contributed by atoms with E-state index in [1.165, 1.54) is 0 Å². The van der Waals surface area contributed by atoms with E-state index in [1.807, 2.05) is 0 Å². The molecular weight excluding hydrogens is 180 g/mol. The lowest BCUT2D eigenvalue weighted by atomic mass is 10.0. The molecule has 6 heteroatoms. The molecule has 0 amide bonds. The first-order valence-electron chi connectivity index (χ1n) is 3.88. The largest absolute Gasteiger partial charge is 0.459 e. The van der Waals surface area contributed by atoms with Crippen molar-refractivity contribution in [1.82, 2.24) is 0 Å². The van der Waals surface area contributed by atoms with Gasteiger partial charge in [0.15, 0.2) is 6.10 Å². The van der Waals surface area contributed by atoms with E-state index in [-0.39, 0.29) is 19.7 Å². The van der Waals surface area contributed by atoms with Crippen molar-refractivity contribution in [2.75, 3.05) is 13.2 Å². The summed E-state index contributed by atoms with van der Waals surface area (Å²) >= 11 is 0. The van der Waals surface area contributed by atoms with Crippen LogP contribution in [0.5, 0.6) is 0 Å². The minimum Gasteiger partial charge on any atom is -0.459 e. The maximum Gasteiger partial charge on any atom is 0.293 e. The SMILES string of the molecule is O=COC1[C@H](CO)OC[C@H](O)[C@H]1O. The quantitative estimate of drug-likeness (QED) is 0.433. The van der Waals surface area contributed by atoms with E-state index in [0.717, 1.165) is 0 Å². The molecular formula is C7H12O6. The van der Waals surface area contributed by atoms with Crippen LogP contribution in [-0.2, 0) is 14.3 Å². The van der Waals surface area contributed by atoms with E-state index in [1.54, 1.807) is 0 Å². The van der Waals surface area contributed by atoms with Crippen LogP contribution in [0.2, 0.25) is 0 Å². The second-order valence-electron chi connectivity index (χ2n) is 2.81. The highest BCUT2D eigenvalue weighted by atomic mass is 16.6. The summed E-state index contributed by atoms with van der Waals surface area (Å²) in [5.74, 6) is 0. The van der Waals surface area contributed by atoms with Crippen molar-refractivity contribution < 1.29 is 29.6 Å². The fraction of sp³-hybridized carbons (Fsp3) is 0.857. The highest BCUT2D eigenvalue weighted by molar-refractivity contribution is 5.37. The van der Waals surface area contributed by atoms with Gasteiger partial charge in [-0.25, -0.2) is 0 Å². The summed E-state index contributed by atoms with van der Waals surface area (Å²) in [7, 11) is 0. The maximum atomic E-state index is 10.0. The summed E-state index contributed by atoms with van der Waals surface area (Å²) in [6, 6.07) is 0. The average molecular weight is 192 g/mol. The molecule has 0 bridgehead atoms. The number of ether oxygens (including phenoxy) is 2. The Hall–Kier alpha value is -0.690. The zero-order valence-corrected chi connectivity index (χ0v) is 6.87. The van der Waals surface area contributed by atoms with Crippen LogP contribution in [-0.4, -0.2) is 59.4 Å². The molecule has 0 radical (unpaired) electrons. The van der Waals surface area contributed by atoms with E-state index in [2.05, 4.69) is 4.74 Å². The summed E-state index contributed by atoms with van der Waals surface area (Å²) in [5, 5.41) is 27.3. The van der Waals surface area contributed by atoms with Crippen LogP contribution in [0.4, 0.5) is 0 Å². The lowest BCUT2D eigenvalue weighted by Gasteiger charge is -2.35. The molecule has 1 aliphatic rings.